The number of aliphatic imine (C=N–C) groups is 5. The van der Waals surface area contributed by atoms with Gasteiger partial charge in [-0.25, -0.2) is 24.3 Å². The van der Waals surface area contributed by atoms with Gasteiger partial charge in [0, 0.05) is 136 Å². The van der Waals surface area contributed by atoms with Crippen LogP contribution in [0.2, 0.25) is 5.02 Å². The number of esters is 2. The Hall–Kier alpha value is -13.4. The number of aryl methyl sites for hydroxylation is 3. The zero-order valence-corrected chi connectivity index (χ0v) is 88.2. The van der Waals surface area contributed by atoms with Crippen molar-refractivity contribution in [3.63, 3.8) is 0 Å². The Morgan fingerprint density at radius 2 is 0.903 bits per heavy atom. The predicted molar refractivity (Wildman–Crippen MR) is 566 cm³/mol. The zero-order chi connectivity index (χ0) is 101. The van der Waals surface area contributed by atoms with Crippen molar-refractivity contribution in [3.8, 4) is 28.4 Å². The summed E-state index contributed by atoms with van der Waals surface area (Å²) >= 11 is 20.7. The highest BCUT2D eigenvalue weighted by atomic mass is 79.9. The molecule has 28 nitrogen and oxygen atoms in total. The van der Waals surface area contributed by atoms with Gasteiger partial charge in [0.15, 0.2) is 11.6 Å². The van der Waals surface area contributed by atoms with E-state index < -0.39 is 0 Å². The summed E-state index contributed by atoms with van der Waals surface area (Å²) in [6.45, 7) is 15.5. The minimum Gasteiger partial charge on any atom is -0.469 e. The van der Waals surface area contributed by atoms with Crippen molar-refractivity contribution in [2.75, 3.05) is 21.3 Å². The van der Waals surface area contributed by atoms with Gasteiger partial charge in [-0.3, -0.25) is 77.3 Å². The quantitative estimate of drug-likeness (QED) is 0.0581. The Morgan fingerprint density at radius 3 is 1.38 bits per heavy atom. The van der Waals surface area contributed by atoms with E-state index in [0.717, 1.165) is 179 Å². The molecule has 7 atom stereocenters. The second-order valence-electron chi connectivity index (χ2n) is 35.8. The maximum Gasteiger partial charge on any atom is 0.308 e. The molecule has 0 bridgehead atoms. The lowest BCUT2D eigenvalue weighted by Gasteiger charge is -2.19. The number of methoxy groups -OCH3 is 3. The second kappa shape index (κ2) is 45.7. The number of hydrogen-bond donors (Lipinski definition) is 1. The number of aliphatic hydroxyl groups is 1. The minimum atomic E-state index is -0.322. The SMILES string of the molecule is CC(=O)CC[C@@H]1N=C(c2ccccn2)c2cc(Br)ccc2-n2c(CO)cnc21.CC(=O)CC[C@@H]1N=C(c2ccccn2)c2cc(Br)ccc2-n2c1nc(C)c2C1CC1.CCC[C@@H]1N=C(c2ccccc2F)c2cc(Cl)ccc2-n2c(COC)nnc21.COC(=O)C(C)C[C@@H]1N=C(c2ccccn2)c2cc(Br)ccc2-n2c(C)cnc21.COC(=O)CC(C)[C@@H]1N=C(c2ccccn2)c2cc(Br)ccc2-n2c(C)cnc21. The molecule has 2 unspecified atom stereocenters. The smallest absolute Gasteiger partial charge is 0.308 e. The van der Waals surface area contributed by atoms with Gasteiger partial charge < -0.3 is 28.9 Å². The van der Waals surface area contributed by atoms with E-state index in [-0.39, 0.29) is 84.4 Å². The fourth-order valence-electron chi connectivity index (χ4n) is 18.6. The number of rotatable bonds is 23. The summed E-state index contributed by atoms with van der Waals surface area (Å²) in [6, 6.07) is 58.5. The summed E-state index contributed by atoms with van der Waals surface area (Å²) in [5, 5.41) is 19.1. The van der Waals surface area contributed by atoms with Gasteiger partial charge in [0.05, 0.1) is 131 Å². The molecule has 1 fully saturated rings. The maximum atomic E-state index is 14.7. The lowest BCUT2D eigenvalue weighted by molar-refractivity contribution is -0.145. The number of fused-ring (bicyclic) bond motifs is 15. The monoisotopic (exact) mass is 2200 g/mol. The van der Waals surface area contributed by atoms with Crippen LogP contribution >= 0.6 is 75.3 Å². The van der Waals surface area contributed by atoms with Gasteiger partial charge in [-0.1, -0.05) is 139 Å². The van der Waals surface area contributed by atoms with Crippen LogP contribution in [0.15, 0.2) is 274 Å². The number of hydrogen-bond acceptors (Lipinski definition) is 23. The fraction of sp³-hybridized carbons (Fsp3) is 0.282. The van der Waals surface area contributed by atoms with E-state index in [1.165, 1.54) is 38.8 Å². The van der Waals surface area contributed by atoms with Crippen molar-refractivity contribution in [1.82, 2.24) is 72.9 Å². The standard InChI is InChI=1S/C24H23BrN4O.2C22H21BrN4O2.C21H19BrN4O2.C21H20ClFN4O/c1-14(30)6-10-20-24-27-15(2)23(16-7-8-16)29(24)21-11-9-17(25)13-18(21)22(28-20)19-5-3-4-12-26-19;1-13(22(28)29-3)10-18-21-25-12-14(2)27(21)19-8-7-15(23)11-16(19)20(26-18)17-6-4-5-9-24-17;1-13(10-19(28)29-3)20-22-25-12-14(2)27(22)18-8-7-15(23)11-16(18)21(26-20)17-6-4-5-9-24-17;1-13(28)5-7-18-21-24-11-15(12-27)26(21)19-8-6-14(22)10-16(19)20(25-18)17-4-2-3-9-23-17;1-3-6-17-21-26-25-19(12-28-2)27(21)18-10-9-13(22)11-15(18)20(24-17)14-7-4-5-8-16(14)23/h3-5,9,11-13,16,20H,6-8,10H2,1-2H3;4-9,11-13,18H,10H2,1-3H3;4-9,11-13,20H,10H2,1-3H3;2-4,6,8-11,18,27H,5,7,12H2,1H3;4-5,7-11,17H,3,6,12H2,1-2H3/t20-;13?,18-;13?,20-;18-;17-/m00000/s1. The largest absolute Gasteiger partial charge is 0.469 e. The van der Waals surface area contributed by atoms with E-state index in [0.29, 0.717) is 72.4 Å². The molecule has 1 N–H and O–H groups in total. The number of benzene rings is 6. The van der Waals surface area contributed by atoms with Crippen LogP contribution in [0.1, 0.15) is 255 Å². The summed E-state index contributed by atoms with van der Waals surface area (Å²) in [5.41, 5.74) is 21.8. The molecular formula is C110H104Br4ClFN20O8. The molecule has 0 radical (unpaired) electrons. The number of pyridine rings is 4. The number of ketones is 2. The van der Waals surface area contributed by atoms with Crippen LogP contribution in [0.4, 0.5) is 4.39 Å². The van der Waals surface area contributed by atoms with Crippen molar-refractivity contribution in [2.45, 2.75) is 169 Å². The number of Topliss-reactive ketones (excluding diaryl/α,β-unsaturated/α-hetero) is 2. The number of imidazole rings is 4. The fourth-order valence-corrected chi connectivity index (χ4v) is 20.3. The summed E-state index contributed by atoms with van der Waals surface area (Å²) in [7, 11) is 4.43. The summed E-state index contributed by atoms with van der Waals surface area (Å²) in [6.07, 6.45) is 19.3. The Labute approximate surface area is 871 Å². The second-order valence-corrected chi connectivity index (χ2v) is 39.9. The zero-order valence-electron chi connectivity index (χ0n) is 81.1. The molecule has 734 valence electrons. The number of aromatic nitrogens is 15. The number of halogens is 6. The Balaban J connectivity index is 0.000000123. The van der Waals surface area contributed by atoms with Crippen LogP contribution in [0.3, 0.4) is 0 Å². The van der Waals surface area contributed by atoms with Crippen LogP contribution in [-0.4, -0.2) is 151 Å². The molecule has 6 aliphatic rings. The molecule has 9 aromatic heterocycles. The molecule has 0 amide bonds. The average Bonchev–Trinajstić information content (AvgIpc) is 1.56. The highest BCUT2D eigenvalue weighted by Gasteiger charge is 2.40. The Kier molecular flexibility index (Phi) is 32.4. The van der Waals surface area contributed by atoms with Crippen molar-refractivity contribution in [2.24, 2.45) is 36.8 Å². The van der Waals surface area contributed by atoms with Gasteiger partial charge in [0.25, 0.3) is 0 Å². The summed E-state index contributed by atoms with van der Waals surface area (Å²) < 4.78 is 44.2. The molecule has 1 saturated carbocycles. The molecule has 34 heteroatoms. The molecule has 144 heavy (non-hydrogen) atoms. The third-order valence-corrected chi connectivity index (χ3v) is 27.7. The van der Waals surface area contributed by atoms with E-state index in [1.54, 1.807) is 76.2 Å². The van der Waals surface area contributed by atoms with Crippen molar-refractivity contribution in [1.29, 1.82) is 0 Å². The van der Waals surface area contributed by atoms with Crippen molar-refractivity contribution in [3.05, 3.63) is 380 Å². The van der Waals surface area contributed by atoms with Crippen LogP contribution in [0.25, 0.3) is 28.4 Å². The van der Waals surface area contributed by atoms with E-state index in [1.807, 2.05) is 164 Å². The van der Waals surface area contributed by atoms with Crippen LogP contribution in [0.5, 0.6) is 0 Å². The number of carbonyl (C=O) groups excluding carboxylic acids is 4. The first kappa shape index (κ1) is 102. The molecule has 0 saturated heterocycles. The summed E-state index contributed by atoms with van der Waals surface area (Å²) in [4.78, 5) is 110. The molecule has 5 aliphatic heterocycles. The summed E-state index contributed by atoms with van der Waals surface area (Å²) in [5.74, 6) is 4.28. The number of aliphatic hydroxyl groups excluding tert-OH is 1. The normalized spacial score (nSPS) is 16.3. The maximum absolute atomic E-state index is 14.7. The lowest BCUT2D eigenvalue weighted by atomic mass is 9.97. The number of nitrogens with zero attached hydrogens (tertiary/aromatic N) is 20. The lowest BCUT2D eigenvalue weighted by Crippen LogP contribution is -2.17. The first-order chi connectivity index (χ1) is 69.7. The molecule has 21 rings (SSSR count). The third-order valence-electron chi connectivity index (χ3n) is 25.5. The van der Waals surface area contributed by atoms with E-state index in [9.17, 15) is 28.7 Å². The molecule has 14 heterocycles. The number of ether oxygens (including phenoxy) is 3. The molecule has 0 spiro atoms. The Morgan fingerprint density at radius 1 is 0.465 bits per heavy atom. The average molecular weight is 2210 g/mol. The van der Waals surface area contributed by atoms with Gasteiger partial charge in [-0.2, -0.15) is 0 Å². The van der Waals surface area contributed by atoms with Gasteiger partial charge in [0.2, 0.25) is 0 Å². The van der Waals surface area contributed by atoms with E-state index in [4.69, 9.17) is 55.8 Å². The van der Waals surface area contributed by atoms with E-state index in [2.05, 4.69) is 179 Å². The molecular weight excluding hydrogens is 2100 g/mol. The van der Waals surface area contributed by atoms with Gasteiger partial charge in [-0.05, 0) is 231 Å². The first-order valence-electron chi connectivity index (χ1n) is 47.5. The minimum absolute atomic E-state index is 0.0977. The van der Waals surface area contributed by atoms with E-state index >= 15 is 0 Å². The molecule has 15 aromatic rings. The van der Waals surface area contributed by atoms with Crippen molar-refractivity contribution >= 4 is 127 Å². The first-order valence-corrected chi connectivity index (χ1v) is 51.0. The number of carbonyl (C=O) groups is 4. The topological polar surface area (TPSA) is 332 Å². The highest BCUT2D eigenvalue weighted by molar-refractivity contribution is 9.11. The van der Waals surface area contributed by atoms with Crippen LogP contribution in [0, 0.1) is 38.4 Å². The van der Waals surface area contributed by atoms with Gasteiger partial charge in [-0.15, -0.1) is 10.2 Å². The third kappa shape index (κ3) is 22.1. The Bertz CT molecular complexity index is 7490. The van der Waals surface area contributed by atoms with Crippen LogP contribution in [-0.2, 0) is 46.6 Å². The molecule has 6 aromatic carbocycles. The van der Waals surface area contributed by atoms with Gasteiger partial charge >= 0.3 is 11.9 Å². The van der Waals surface area contributed by atoms with Gasteiger partial charge in [0.1, 0.15) is 77.5 Å². The van der Waals surface area contributed by atoms with Crippen LogP contribution < -0.4 is 0 Å². The molecule has 1 aliphatic carbocycles. The highest BCUT2D eigenvalue weighted by Crippen LogP contribution is 2.48. The van der Waals surface area contributed by atoms with Crippen molar-refractivity contribution < 1.29 is 42.9 Å². The predicted octanol–water partition coefficient (Wildman–Crippen LogP) is 23.0.